The molecule has 10 heteroatoms. The Balaban J connectivity index is 2.64. The van der Waals surface area contributed by atoms with Gasteiger partial charge in [0.15, 0.2) is 0 Å². The summed E-state index contributed by atoms with van der Waals surface area (Å²) in [6.07, 6.45) is -3.88. The van der Waals surface area contributed by atoms with Crippen LogP contribution in [0.5, 0.6) is 0 Å². The maximum Gasteiger partial charge on any atom is 0.405 e. The number of hydrogen-bond acceptors (Lipinski definition) is 4. The van der Waals surface area contributed by atoms with Crippen molar-refractivity contribution in [3.05, 3.63) is 29.8 Å². The van der Waals surface area contributed by atoms with E-state index >= 15 is 0 Å². The third kappa shape index (κ3) is 7.28. The van der Waals surface area contributed by atoms with Crippen LogP contribution >= 0.6 is 0 Å². The number of nitrogens with one attached hydrogen (secondary N) is 2. The van der Waals surface area contributed by atoms with Crippen LogP contribution in [0.25, 0.3) is 0 Å². The molecule has 0 saturated heterocycles. The van der Waals surface area contributed by atoms with Gasteiger partial charge in [-0.2, -0.15) is 13.2 Å². The summed E-state index contributed by atoms with van der Waals surface area (Å²) >= 11 is 0. The topological polar surface area (TPSA) is 78.5 Å². The van der Waals surface area contributed by atoms with Gasteiger partial charge in [-0.1, -0.05) is 0 Å². The number of hydrogen-bond donors (Lipinski definition) is 2. The normalized spacial score (nSPS) is 12.4. The lowest BCUT2D eigenvalue weighted by Gasteiger charge is -2.11. The minimum absolute atomic E-state index is 0.0502. The van der Waals surface area contributed by atoms with Crippen molar-refractivity contribution in [2.24, 2.45) is 0 Å². The fourth-order valence-electron chi connectivity index (χ4n) is 1.75. The van der Waals surface area contributed by atoms with Crippen LogP contribution < -0.4 is 10.0 Å². The van der Waals surface area contributed by atoms with Crippen LogP contribution in [-0.4, -0.2) is 59.1 Å². The van der Waals surface area contributed by atoms with E-state index < -0.39 is 28.7 Å². The lowest BCUT2D eigenvalue weighted by Crippen LogP contribution is -2.33. The molecular formula is C14H20F3N3O3S. The van der Waals surface area contributed by atoms with Crippen LogP contribution in [0, 0.1) is 0 Å². The van der Waals surface area contributed by atoms with Crippen molar-refractivity contribution in [3.8, 4) is 0 Å². The van der Waals surface area contributed by atoms with Crippen molar-refractivity contribution in [2.45, 2.75) is 17.5 Å². The molecule has 0 heterocycles. The summed E-state index contributed by atoms with van der Waals surface area (Å²) < 4.78 is 62.6. The van der Waals surface area contributed by atoms with Crippen molar-refractivity contribution < 1.29 is 26.4 Å². The van der Waals surface area contributed by atoms with Crippen molar-refractivity contribution in [3.63, 3.8) is 0 Å². The molecule has 0 aliphatic heterocycles. The SMILES string of the molecule is CN(C)CCCNS(=O)(=O)c1ccc(C(=O)NCC(F)(F)F)cc1. The van der Waals surface area contributed by atoms with Gasteiger partial charge in [0.1, 0.15) is 6.54 Å². The summed E-state index contributed by atoms with van der Waals surface area (Å²) in [7, 11) is 0.0277. The molecule has 2 N–H and O–H groups in total. The summed E-state index contributed by atoms with van der Waals surface area (Å²) in [5.74, 6) is -0.921. The molecule has 6 nitrogen and oxygen atoms in total. The molecule has 0 spiro atoms. The second-order valence-corrected chi connectivity index (χ2v) is 7.14. The molecular weight excluding hydrogens is 347 g/mol. The van der Waals surface area contributed by atoms with E-state index in [1.807, 2.05) is 19.0 Å². The molecule has 0 aliphatic rings. The number of rotatable bonds is 8. The fraction of sp³-hybridized carbons (Fsp3) is 0.500. The zero-order chi connectivity index (χ0) is 18.4. The molecule has 1 rings (SSSR count). The van der Waals surface area contributed by atoms with Crippen LogP contribution in [0.2, 0.25) is 0 Å². The first-order valence-electron chi connectivity index (χ1n) is 7.11. The monoisotopic (exact) mass is 367 g/mol. The number of nitrogens with zero attached hydrogens (tertiary/aromatic N) is 1. The van der Waals surface area contributed by atoms with Crippen molar-refractivity contribution in [1.82, 2.24) is 14.9 Å². The van der Waals surface area contributed by atoms with E-state index in [0.717, 1.165) is 6.54 Å². The maximum absolute atomic E-state index is 12.0. The zero-order valence-electron chi connectivity index (χ0n) is 13.4. The molecule has 0 saturated carbocycles. The number of sulfonamides is 1. The van der Waals surface area contributed by atoms with Gasteiger partial charge in [0.05, 0.1) is 4.90 Å². The van der Waals surface area contributed by atoms with Crippen molar-refractivity contribution in [1.29, 1.82) is 0 Å². The Morgan fingerprint density at radius 2 is 1.75 bits per heavy atom. The Morgan fingerprint density at radius 3 is 2.25 bits per heavy atom. The summed E-state index contributed by atoms with van der Waals surface area (Å²) in [5, 5.41) is 1.72. The molecule has 136 valence electrons. The van der Waals surface area contributed by atoms with E-state index in [-0.39, 0.29) is 17.0 Å². The van der Waals surface area contributed by atoms with Gasteiger partial charge in [0, 0.05) is 12.1 Å². The lowest BCUT2D eigenvalue weighted by atomic mass is 10.2. The zero-order valence-corrected chi connectivity index (χ0v) is 14.2. The number of halogens is 3. The standard InChI is InChI=1S/C14H20F3N3O3S/c1-20(2)9-3-8-19-24(22,23)12-6-4-11(5-7-12)13(21)18-10-14(15,16)17/h4-7,19H,3,8-10H2,1-2H3,(H,18,21). The Kier molecular flexibility index (Phi) is 7.18. The number of carbonyl (C=O) groups excluding carboxylic acids is 1. The van der Waals surface area contributed by atoms with Gasteiger partial charge in [-0.05, 0) is 51.3 Å². The van der Waals surface area contributed by atoms with Gasteiger partial charge in [-0.25, -0.2) is 13.1 Å². The largest absolute Gasteiger partial charge is 0.405 e. The smallest absolute Gasteiger partial charge is 0.343 e. The predicted octanol–water partition coefficient (Wildman–Crippen LogP) is 1.21. The van der Waals surface area contributed by atoms with E-state index in [1.54, 1.807) is 5.32 Å². The first-order chi connectivity index (χ1) is 11.0. The number of carbonyl (C=O) groups is 1. The van der Waals surface area contributed by atoms with Crippen LogP contribution in [0.1, 0.15) is 16.8 Å². The summed E-state index contributed by atoms with van der Waals surface area (Å²) in [6.45, 7) is -0.464. The number of benzene rings is 1. The van der Waals surface area contributed by atoms with E-state index in [9.17, 15) is 26.4 Å². The minimum atomic E-state index is -4.50. The lowest BCUT2D eigenvalue weighted by molar-refractivity contribution is -0.123. The third-order valence-electron chi connectivity index (χ3n) is 2.95. The molecule has 1 amide bonds. The maximum atomic E-state index is 12.0. The molecule has 1 aromatic rings. The third-order valence-corrected chi connectivity index (χ3v) is 4.43. The van der Waals surface area contributed by atoms with Crippen LogP contribution in [-0.2, 0) is 10.0 Å². The Bertz CT molecular complexity index is 643. The fourth-order valence-corrected chi connectivity index (χ4v) is 2.83. The van der Waals surface area contributed by atoms with Crippen LogP contribution in [0.4, 0.5) is 13.2 Å². The number of alkyl halides is 3. The highest BCUT2D eigenvalue weighted by molar-refractivity contribution is 7.89. The van der Waals surface area contributed by atoms with Crippen LogP contribution in [0.15, 0.2) is 29.2 Å². The Hall–Kier alpha value is -1.65. The summed E-state index contributed by atoms with van der Waals surface area (Å²) in [5.41, 5.74) is -0.0502. The van der Waals surface area contributed by atoms with Crippen molar-refractivity contribution in [2.75, 3.05) is 33.7 Å². The Labute approximate surface area is 139 Å². The van der Waals surface area contributed by atoms with Gasteiger partial charge < -0.3 is 10.2 Å². The van der Waals surface area contributed by atoms with Gasteiger partial charge in [0.25, 0.3) is 5.91 Å². The molecule has 0 aromatic heterocycles. The van der Waals surface area contributed by atoms with Gasteiger partial charge in [-0.3, -0.25) is 4.79 Å². The molecule has 0 radical (unpaired) electrons. The van der Waals surface area contributed by atoms with E-state index in [0.29, 0.717) is 6.42 Å². The van der Waals surface area contributed by atoms with Gasteiger partial charge in [0.2, 0.25) is 10.0 Å². The molecule has 0 unspecified atom stereocenters. The molecule has 0 fully saturated rings. The van der Waals surface area contributed by atoms with Crippen LogP contribution in [0.3, 0.4) is 0 Å². The first kappa shape index (κ1) is 20.4. The first-order valence-corrected chi connectivity index (χ1v) is 8.59. The summed E-state index contributed by atoms with van der Waals surface area (Å²) in [6, 6.07) is 4.69. The highest BCUT2D eigenvalue weighted by Gasteiger charge is 2.28. The number of amides is 1. The highest BCUT2D eigenvalue weighted by atomic mass is 32.2. The molecule has 0 aliphatic carbocycles. The quantitative estimate of drug-likeness (QED) is 0.677. The van der Waals surface area contributed by atoms with Gasteiger partial charge >= 0.3 is 6.18 Å². The second-order valence-electron chi connectivity index (χ2n) is 5.38. The highest BCUT2D eigenvalue weighted by Crippen LogP contribution is 2.14. The predicted molar refractivity (Wildman–Crippen MR) is 83.2 cm³/mol. The minimum Gasteiger partial charge on any atom is -0.343 e. The average molecular weight is 367 g/mol. The Morgan fingerprint density at radius 1 is 1.17 bits per heavy atom. The van der Waals surface area contributed by atoms with Crippen molar-refractivity contribution >= 4 is 15.9 Å². The average Bonchev–Trinajstić information content (AvgIpc) is 2.48. The summed E-state index contributed by atoms with van der Waals surface area (Å²) in [4.78, 5) is 13.4. The van der Waals surface area contributed by atoms with Gasteiger partial charge in [-0.15, -0.1) is 0 Å². The van der Waals surface area contributed by atoms with E-state index in [2.05, 4.69) is 4.72 Å². The molecule has 0 atom stereocenters. The molecule has 0 bridgehead atoms. The van der Waals surface area contributed by atoms with E-state index in [1.165, 1.54) is 24.3 Å². The second kappa shape index (κ2) is 8.45. The molecule has 1 aromatic carbocycles. The molecule has 24 heavy (non-hydrogen) atoms. The van der Waals surface area contributed by atoms with E-state index in [4.69, 9.17) is 0 Å².